The van der Waals surface area contributed by atoms with Gasteiger partial charge in [0.15, 0.2) is 0 Å². The van der Waals surface area contributed by atoms with Gasteiger partial charge in [-0.25, -0.2) is 8.42 Å². The molecule has 1 aliphatic heterocycles. The van der Waals surface area contributed by atoms with Crippen LogP contribution in [-0.4, -0.2) is 67.9 Å². The SMILES string of the molecule is CS(=O)(=O)N1CCN(C(=O)c2cccs2)CCNC(=O)C2CCCCC21. The van der Waals surface area contributed by atoms with Crippen molar-refractivity contribution >= 4 is 33.2 Å². The van der Waals surface area contributed by atoms with E-state index in [1.165, 1.54) is 21.9 Å². The molecule has 1 aromatic rings. The molecule has 2 fully saturated rings. The lowest BCUT2D eigenvalue weighted by atomic mass is 9.83. The van der Waals surface area contributed by atoms with Crippen LogP contribution in [0.1, 0.15) is 35.4 Å². The highest BCUT2D eigenvalue weighted by atomic mass is 32.2. The molecule has 1 saturated heterocycles. The lowest BCUT2D eigenvalue weighted by Crippen LogP contribution is -2.55. The van der Waals surface area contributed by atoms with E-state index in [1.807, 2.05) is 11.4 Å². The predicted molar refractivity (Wildman–Crippen MR) is 101 cm³/mol. The van der Waals surface area contributed by atoms with Crippen LogP contribution in [0.4, 0.5) is 0 Å². The number of thiophene rings is 1. The minimum atomic E-state index is -3.47. The zero-order valence-electron chi connectivity index (χ0n) is 14.9. The summed E-state index contributed by atoms with van der Waals surface area (Å²) in [4.78, 5) is 27.6. The molecule has 2 atom stereocenters. The third-order valence-electron chi connectivity index (χ3n) is 5.15. The minimum absolute atomic E-state index is 0.103. The molecule has 2 aliphatic rings. The van der Waals surface area contributed by atoms with Gasteiger partial charge in [0.05, 0.1) is 17.1 Å². The molecular formula is C17H25N3O4S2. The second-order valence-electron chi connectivity index (χ2n) is 6.89. The fourth-order valence-corrected chi connectivity index (χ4v) is 5.72. The number of carbonyl (C=O) groups is 2. The Labute approximate surface area is 158 Å². The van der Waals surface area contributed by atoms with Crippen molar-refractivity contribution in [3.05, 3.63) is 22.4 Å². The fraction of sp³-hybridized carbons (Fsp3) is 0.647. The molecule has 2 unspecified atom stereocenters. The summed E-state index contributed by atoms with van der Waals surface area (Å²) in [6, 6.07) is 3.25. The number of sulfonamides is 1. The summed E-state index contributed by atoms with van der Waals surface area (Å²) in [7, 11) is -3.47. The fourth-order valence-electron chi connectivity index (χ4n) is 3.87. The van der Waals surface area contributed by atoms with Gasteiger partial charge in [0.1, 0.15) is 0 Å². The molecule has 2 heterocycles. The first-order valence-corrected chi connectivity index (χ1v) is 11.7. The third-order valence-corrected chi connectivity index (χ3v) is 7.32. The summed E-state index contributed by atoms with van der Waals surface area (Å²) in [5, 5.41) is 4.74. The average molecular weight is 400 g/mol. The molecule has 9 heteroatoms. The van der Waals surface area contributed by atoms with E-state index in [2.05, 4.69) is 5.32 Å². The van der Waals surface area contributed by atoms with Gasteiger partial charge >= 0.3 is 0 Å². The Balaban J connectivity index is 1.85. The van der Waals surface area contributed by atoms with E-state index >= 15 is 0 Å². The van der Waals surface area contributed by atoms with Crippen LogP contribution in [0, 0.1) is 5.92 Å². The monoisotopic (exact) mass is 399 g/mol. The van der Waals surface area contributed by atoms with Crippen LogP contribution in [0.25, 0.3) is 0 Å². The summed E-state index contributed by atoms with van der Waals surface area (Å²) in [6.45, 7) is 1.31. The molecule has 1 N–H and O–H groups in total. The molecule has 1 aromatic heterocycles. The van der Waals surface area contributed by atoms with Crippen LogP contribution in [0.15, 0.2) is 17.5 Å². The molecule has 3 rings (SSSR count). The topological polar surface area (TPSA) is 86.8 Å². The average Bonchev–Trinajstić information content (AvgIpc) is 3.13. The molecule has 0 radical (unpaired) electrons. The first-order chi connectivity index (χ1) is 12.4. The van der Waals surface area contributed by atoms with Gasteiger partial charge in [-0.05, 0) is 24.3 Å². The quantitative estimate of drug-likeness (QED) is 0.808. The smallest absolute Gasteiger partial charge is 0.264 e. The van der Waals surface area contributed by atoms with E-state index in [9.17, 15) is 18.0 Å². The van der Waals surface area contributed by atoms with Crippen molar-refractivity contribution in [2.75, 3.05) is 32.4 Å². The molecule has 1 saturated carbocycles. The highest BCUT2D eigenvalue weighted by Gasteiger charge is 2.39. The lowest BCUT2D eigenvalue weighted by molar-refractivity contribution is -0.127. The van der Waals surface area contributed by atoms with Crippen LogP contribution in [0.3, 0.4) is 0 Å². The summed E-state index contributed by atoms with van der Waals surface area (Å²) >= 11 is 1.36. The number of hydrogen-bond donors (Lipinski definition) is 1. The normalized spacial score (nSPS) is 26.0. The van der Waals surface area contributed by atoms with Gasteiger partial charge in [0.25, 0.3) is 5.91 Å². The highest BCUT2D eigenvalue weighted by molar-refractivity contribution is 7.88. The lowest BCUT2D eigenvalue weighted by Gasteiger charge is -2.39. The maximum Gasteiger partial charge on any atom is 0.264 e. The number of rotatable bonds is 2. The molecule has 2 amide bonds. The Kier molecular flexibility index (Phi) is 5.99. The number of amides is 2. The predicted octanol–water partition coefficient (Wildman–Crippen LogP) is 1.14. The van der Waals surface area contributed by atoms with E-state index in [4.69, 9.17) is 0 Å². The third kappa shape index (κ3) is 4.27. The second kappa shape index (κ2) is 8.06. The molecule has 1 aliphatic carbocycles. The zero-order valence-corrected chi connectivity index (χ0v) is 16.5. The molecule has 0 aromatic carbocycles. The largest absolute Gasteiger partial charge is 0.354 e. The van der Waals surface area contributed by atoms with E-state index in [0.29, 0.717) is 37.4 Å². The second-order valence-corrected chi connectivity index (χ2v) is 9.78. The Morgan fingerprint density at radius 3 is 2.69 bits per heavy atom. The highest BCUT2D eigenvalue weighted by Crippen LogP contribution is 2.30. The molecule has 0 spiro atoms. The van der Waals surface area contributed by atoms with Gasteiger partial charge in [0.2, 0.25) is 15.9 Å². The van der Waals surface area contributed by atoms with Crippen molar-refractivity contribution in [3.8, 4) is 0 Å². The van der Waals surface area contributed by atoms with Crippen molar-refractivity contribution in [1.82, 2.24) is 14.5 Å². The van der Waals surface area contributed by atoms with Gasteiger partial charge in [-0.1, -0.05) is 18.9 Å². The van der Waals surface area contributed by atoms with Gasteiger partial charge < -0.3 is 10.2 Å². The molecule has 0 bridgehead atoms. The Hall–Kier alpha value is -1.45. The van der Waals surface area contributed by atoms with Crippen LogP contribution in [0.5, 0.6) is 0 Å². The Morgan fingerprint density at radius 2 is 2.00 bits per heavy atom. The van der Waals surface area contributed by atoms with Crippen LogP contribution < -0.4 is 5.32 Å². The van der Waals surface area contributed by atoms with Gasteiger partial charge in [-0.3, -0.25) is 9.59 Å². The van der Waals surface area contributed by atoms with Gasteiger partial charge in [-0.15, -0.1) is 11.3 Å². The zero-order chi connectivity index (χ0) is 18.7. The number of hydrogen-bond acceptors (Lipinski definition) is 5. The summed E-state index contributed by atoms with van der Waals surface area (Å²) in [5.74, 6) is -0.532. The number of nitrogens with one attached hydrogen (secondary N) is 1. The maximum absolute atomic E-state index is 12.7. The van der Waals surface area contributed by atoms with Gasteiger partial charge in [-0.2, -0.15) is 4.31 Å². The van der Waals surface area contributed by atoms with Crippen LogP contribution in [-0.2, 0) is 14.8 Å². The van der Waals surface area contributed by atoms with Crippen molar-refractivity contribution in [2.45, 2.75) is 31.7 Å². The standard InChI is InChI=1S/C17H25N3O4S2/c1-26(23,24)20-11-10-19(17(22)15-7-4-12-25-15)9-8-18-16(21)13-5-2-3-6-14(13)20/h4,7,12-14H,2-3,5-6,8-11H2,1H3,(H,18,21). The van der Waals surface area contributed by atoms with E-state index in [1.54, 1.807) is 11.0 Å². The molecule has 7 nitrogen and oxygen atoms in total. The summed E-state index contributed by atoms with van der Waals surface area (Å²) in [5.41, 5.74) is 0. The minimum Gasteiger partial charge on any atom is -0.354 e. The number of fused-ring (bicyclic) bond motifs is 1. The van der Waals surface area contributed by atoms with Crippen LogP contribution in [0.2, 0.25) is 0 Å². The van der Waals surface area contributed by atoms with Crippen molar-refractivity contribution in [3.63, 3.8) is 0 Å². The molecule has 144 valence electrons. The Morgan fingerprint density at radius 1 is 1.23 bits per heavy atom. The summed E-state index contributed by atoms with van der Waals surface area (Å²) < 4.78 is 26.3. The number of carbonyl (C=O) groups excluding carboxylic acids is 2. The van der Waals surface area contributed by atoms with Crippen molar-refractivity contribution in [1.29, 1.82) is 0 Å². The van der Waals surface area contributed by atoms with E-state index < -0.39 is 10.0 Å². The van der Waals surface area contributed by atoms with E-state index in [0.717, 1.165) is 12.8 Å². The molecular weight excluding hydrogens is 374 g/mol. The summed E-state index contributed by atoms with van der Waals surface area (Å²) in [6.07, 6.45) is 4.44. The molecule has 26 heavy (non-hydrogen) atoms. The number of nitrogens with zero attached hydrogens (tertiary/aromatic N) is 2. The Bertz CT molecular complexity index is 748. The van der Waals surface area contributed by atoms with Crippen molar-refractivity contribution in [2.24, 2.45) is 5.92 Å². The van der Waals surface area contributed by atoms with E-state index in [-0.39, 0.29) is 30.3 Å². The van der Waals surface area contributed by atoms with Crippen molar-refractivity contribution < 1.29 is 18.0 Å². The first-order valence-electron chi connectivity index (χ1n) is 8.95. The van der Waals surface area contributed by atoms with Crippen LogP contribution >= 0.6 is 11.3 Å². The maximum atomic E-state index is 12.7. The van der Waals surface area contributed by atoms with Gasteiger partial charge in [0, 0.05) is 32.2 Å². The first kappa shape index (κ1) is 19.3.